The lowest BCUT2D eigenvalue weighted by Crippen LogP contribution is -2.23. The minimum absolute atomic E-state index is 0.106. The Balaban J connectivity index is 1.49. The molecule has 2 aromatic carbocycles. The van der Waals surface area contributed by atoms with E-state index in [2.05, 4.69) is 5.32 Å². The summed E-state index contributed by atoms with van der Waals surface area (Å²) in [6, 6.07) is 14.1. The molecule has 1 amide bonds. The van der Waals surface area contributed by atoms with E-state index in [-0.39, 0.29) is 43.6 Å². The number of anilines is 1. The molecular formula is C23H22N2O6. The van der Waals surface area contributed by atoms with Crippen molar-refractivity contribution in [3.63, 3.8) is 0 Å². The van der Waals surface area contributed by atoms with Gasteiger partial charge in [-0.2, -0.15) is 0 Å². The molecular weight excluding hydrogens is 400 g/mol. The lowest BCUT2D eigenvalue weighted by atomic mass is 10.1. The lowest BCUT2D eigenvalue weighted by Gasteiger charge is -2.15. The summed E-state index contributed by atoms with van der Waals surface area (Å²) in [4.78, 5) is 24.9. The van der Waals surface area contributed by atoms with E-state index in [4.69, 9.17) is 14.2 Å². The standard InChI is InChI=1S/C23H22N2O6/c1-15-4-2-3-5-16(15)13-29-22-10-25(18(12-26)9-19(22)27)11-23(28)24-17-6-7-20-21(8-17)31-14-30-20/h2-10,26H,11-14H2,1H3,(H,24,28). The summed E-state index contributed by atoms with van der Waals surface area (Å²) in [6.45, 7) is 1.85. The van der Waals surface area contributed by atoms with Gasteiger partial charge in [0.2, 0.25) is 18.1 Å². The maximum absolute atomic E-state index is 12.6. The van der Waals surface area contributed by atoms with Crippen LogP contribution in [0.2, 0.25) is 0 Å². The number of hydrogen-bond acceptors (Lipinski definition) is 6. The quantitative estimate of drug-likeness (QED) is 0.607. The minimum Gasteiger partial charge on any atom is -0.483 e. The highest BCUT2D eigenvalue weighted by Gasteiger charge is 2.15. The molecule has 1 aliphatic heterocycles. The van der Waals surface area contributed by atoms with Crippen LogP contribution >= 0.6 is 0 Å². The third-order valence-corrected chi connectivity index (χ3v) is 4.96. The Morgan fingerprint density at radius 3 is 2.77 bits per heavy atom. The fraction of sp³-hybridized carbons (Fsp3) is 0.217. The topological polar surface area (TPSA) is 99.0 Å². The molecule has 1 aliphatic rings. The summed E-state index contributed by atoms with van der Waals surface area (Å²) in [6.07, 6.45) is 1.45. The van der Waals surface area contributed by atoms with E-state index < -0.39 is 0 Å². The number of rotatable bonds is 7. The van der Waals surface area contributed by atoms with Gasteiger partial charge in [-0.15, -0.1) is 0 Å². The fourth-order valence-corrected chi connectivity index (χ4v) is 3.24. The second kappa shape index (κ2) is 8.93. The average molecular weight is 422 g/mol. The number of fused-ring (bicyclic) bond motifs is 1. The maximum atomic E-state index is 12.6. The molecule has 0 radical (unpaired) electrons. The molecule has 0 atom stereocenters. The molecule has 31 heavy (non-hydrogen) atoms. The number of aliphatic hydroxyl groups excluding tert-OH is 1. The van der Waals surface area contributed by atoms with Gasteiger partial charge in [0.1, 0.15) is 13.2 Å². The van der Waals surface area contributed by atoms with E-state index in [0.717, 1.165) is 11.1 Å². The van der Waals surface area contributed by atoms with Gasteiger partial charge in [-0.3, -0.25) is 9.59 Å². The highest BCUT2D eigenvalue weighted by molar-refractivity contribution is 5.91. The van der Waals surface area contributed by atoms with E-state index in [1.807, 2.05) is 31.2 Å². The van der Waals surface area contributed by atoms with Crippen molar-refractivity contribution in [2.24, 2.45) is 0 Å². The predicted octanol–water partition coefficient (Wildman–Crippen LogP) is 2.60. The van der Waals surface area contributed by atoms with Gasteiger partial charge >= 0.3 is 0 Å². The van der Waals surface area contributed by atoms with Crippen LogP contribution < -0.4 is 25.0 Å². The number of aryl methyl sites for hydroxylation is 1. The number of ether oxygens (including phenoxy) is 3. The zero-order valence-electron chi connectivity index (χ0n) is 17.0. The number of carbonyl (C=O) groups excluding carboxylic acids is 1. The van der Waals surface area contributed by atoms with Crippen LogP contribution in [0.5, 0.6) is 17.2 Å². The highest BCUT2D eigenvalue weighted by Crippen LogP contribution is 2.34. The third kappa shape index (κ3) is 4.70. The number of benzene rings is 2. The molecule has 2 N–H and O–H groups in total. The van der Waals surface area contributed by atoms with Crippen LogP contribution in [0.15, 0.2) is 59.5 Å². The first-order valence-electron chi connectivity index (χ1n) is 9.74. The van der Waals surface area contributed by atoms with Gasteiger partial charge in [-0.25, -0.2) is 0 Å². The summed E-state index contributed by atoms with van der Waals surface area (Å²) < 4.78 is 17.8. The normalized spacial score (nSPS) is 11.9. The van der Waals surface area contributed by atoms with E-state index in [0.29, 0.717) is 22.9 Å². The molecule has 0 unspecified atom stereocenters. The smallest absolute Gasteiger partial charge is 0.244 e. The SMILES string of the molecule is Cc1ccccc1COc1cn(CC(=O)Nc2ccc3c(c2)OCO3)c(CO)cc1=O. The zero-order valence-corrected chi connectivity index (χ0v) is 17.0. The van der Waals surface area contributed by atoms with Crippen molar-refractivity contribution in [1.29, 1.82) is 0 Å². The molecule has 0 aliphatic carbocycles. The Morgan fingerprint density at radius 1 is 1.16 bits per heavy atom. The minimum atomic E-state index is -0.384. The first-order chi connectivity index (χ1) is 15.0. The second-order valence-corrected chi connectivity index (χ2v) is 7.11. The number of pyridine rings is 1. The van der Waals surface area contributed by atoms with Crippen molar-refractivity contribution in [1.82, 2.24) is 4.57 Å². The first-order valence-corrected chi connectivity index (χ1v) is 9.74. The Bertz CT molecular complexity index is 1170. The number of aromatic nitrogens is 1. The molecule has 8 nitrogen and oxygen atoms in total. The Labute approximate surface area is 178 Å². The van der Waals surface area contributed by atoms with E-state index in [1.54, 1.807) is 18.2 Å². The zero-order chi connectivity index (χ0) is 21.8. The van der Waals surface area contributed by atoms with Gasteiger partial charge in [0.05, 0.1) is 12.8 Å². The van der Waals surface area contributed by atoms with Gasteiger partial charge in [-0.1, -0.05) is 24.3 Å². The van der Waals surface area contributed by atoms with Crippen molar-refractivity contribution in [3.8, 4) is 17.2 Å². The van der Waals surface area contributed by atoms with Crippen LogP contribution in [0.25, 0.3) is 0 Å². The molecule has 0 saturated heterocycles. The van der Waals surface area contributed by atoms with E-state index in [9.17, 15) is 14.7 Å². The van der Waals surface area contributed by atoms with Gasteiger partial charge in [0.25, 0.3) is 0 Å². The van der Waals surface area contributed by atoms with Gasteiger partial charge in [0, 0.05) is 23.5 Å². The van der Waals surface area contributed by atoms with Gasteiger partial charge in [-0.05, 0) is 30.2 Å². The second-order valence-electron chi connectivity index (χ2n) is 7.11. The van der Waals surface area contributed by atoms with Crippen molar-refractivity contribution >= 4 is 11.6 Å². The van der Waals surface area contributed by atoms with Gasteiger partial charge in [0.15, 0.2) is 17.2 Å². The number of hydrogen-bond donors (Lipinski definition) is 2. The molecule has 0 spiro atoms. The molecule has 4 rings (SSSR count). The Hall–Kier alpha value is -3.78. The molecule has 0 bridgehead atoms. The van der Waals surface area contributed by atoms with Crippen LogP contribution in [0.3, 0.4) is 0 Å². The molecule has 2 heterocycles. The summed E-state index contributed by atoms with van der Waals surface area (Å²) in [7, 11) is 0. The third-order valence-electron chi connectivity index (χ3n) is 4.96. The highest BCUT2D eigenvalue weighted by atomic mass is 16.7. The van der Waals surface area contributed by atoms with Crippen molar-refractivity contribution in [3.05, 3.63) is 81.8 Å². The number of amides is 1. The number of aliphatic hydroxyl groups is 1. The molecule has 3 aromatic rings. The largest absolute Gasteiger partial charge is 0.483 e. The summed E-state index contributed by atoms with van der Waals surface area (Å²) in [5, 5.41) is 12.4. The molecule has 8 heteroatoms. The van der Waals surface area contributed by atoms with E-state index >= 15 is 0 Å². The Kier molecular flexibility index (Phi) is 5.90. The fourth-order valence-electron chi connectivity index (χ4n) is 3.24. The van der Waals surface area contributed by atoms with E-state index in [1.165, 1.54) is 16.8 Å². The molecule has 160 valence electrons. The van der Waals surface area contributed by atoms with Crippen LogP contribution in [-0.2, 0) is 24.6 Å². The molecule has 1 aromatic heterocycles. The number of nitrogens with zero attached hydrogens (tertiary/aromatic N) is 1. The number of nitrogens with one attached hydrogen (secondary N) is 1. The monoisotopic (exact) mass is 422 g/mol. The van der Waals surface area contributed by atoms with Crippen LogP contribution in [0, 0.1) is 6.92 Å². The summed E-state index contributed by atoms with van der Waals surface area (Å²) >= 11 is 0. The Morgan fingerprint density at radius 2 is 1.97 bits per heavy atom. The van der Waals surface area contributed by atoms with Crippen LogP contribution in [0.4, 0.5) is 5.69 Å². The van der Waals surface area contributed by atoms with Crippen LogP contribution in [-0.4, -0.2) is 22.4 Å². The van der Waals surface area contributed by atoms with Crippen LogP contribution in [0.1, 0.15) is 16.8 Å². The number of carbonyl (C=O) groups is 1. The predicted molar refractivity (Wildman–Crippen MR) is 113 cm³/mol. The summed E-state index contributed by atoms with van der Waals surface area (Å²) in [5.74, 6) is 0.957. The lowest BCUT2D eigenvalue weighted by molar-refractivity contribution is -0.116. The van der Waals surface area contributed by atoms with Crippen molar-refractivity contribution in [2.75, 3.05) is 12.1 Å². The molecule has 0 fully saturated rings. The van der Waals surface area contributed by atoms with Gasteiger partial charge < -0.3 is 29.2 Å². The van der Waals surface area contributed by atoms with Crippen molar-refractivity contribution in [2.45, 2.75) is 26.7 Å². The average Bonchev–Trinajstić information content (AvgIpc) is 3.22. The summed E-state index contributed by atoms with van der Waals surface area (Å²) in [5.41, 5.74) is 2.52. The first kappa shape index (κ1) is 20.5. The molecule has 0 saturated carbocycles. The maximum Gasteiger partial charge on any atom is 0.244 e. The van der Waals surface area contributed by atoms with Crippen molar-refractivity contribution < 1.29 is 24.1 Å².